The van der Waals surface area contributed by atoms with Gasteiger partial charge in [0, 0.05) is 24.0 Å². The third-order valence-electron chi connectivity index (χ3n) is 4.25. The Balaban J connectivity index is 1.78. The molecule has 1 atom stereocenters. The molecule has 1 N–H and O–H groups in total. The van der Waals surface area contributed by atoms with Gasteiger partial charge in [-0.1, -0.05) is 25.6 Å². The van der Waals surface area contributed by atoms with E-state index in [9.17, 15) is 4.79 Å². The van der Waals surface area contributed by atoms with Gasteiger partial charge in [-0.3, -0.25) is 14.3 Å². The largest absolute Gasteiger partial charge is 0.467 e. The Bertz CT molecular complexity index is 862. The van der Waals surface area contributed by atoms with E-state index in [2.05, 4.69) is 34.3 Å². The number of amides is 1. The molecule has 3 aromatic heterocycles. The van der Waals surface area contributed by atoms with Crippen LogP contribution in [0.1, 0.15) is 26.5 Å². The van der Waals surface area contributed by atoms with E-state index < -0.39 is 0 Å². The van der Waals surface area contributed by atoms with E-state index in [-0.39, 0.29) is 17.7 Å². The molecule has 0 saturated carbocycles. The highest BCUT2D eigenvalue weighted by Gasteiger charge is 2.18. The van der Waals surface area contributed by atoms with Crippen LogP contribution in [0, 0.1) is 5.92 Å². The zero-order chi connectivity index (χ0) is 19.2. The van der Waals surface area contributed by atoms with Crippen molar-refractivity contribution in [3.63, 3.8) is 0 Å². The molecule has 3 aromatic rings. The van der Waals surface area contributed by atoms with Crippen molar-refractivity contribution >= 4 is 17.7 Å². The summed E-state index contributed by atoms with van der Waals surface area (Å²) in [5, 5.41) is 12.3. The lowest BCUT2D eigenvalue weighted by Crippen LogP contribution is -2.37. The molecule has 0 aliphatic heterocycles. The van der Waals surface area contributed by atoms with Crippen molar-refractivity contribution in [2.24, 2.45) is 5.92 Å². The molecule has 8 heteroatoms. The fourth-order valence-corrected chi connectivity index (χ4v) is 3.15. The maximum atomic E-state index is 12.2. The van der Waals surface area contributed by atoms with Gasteiger partial charge in [0.05, 0.1) is 18.6 Å². The van der Waals surface area contributed by atoms with Gasteiger partial charge in [0.2, 0.25) is 5.91 Å². The molecule has 1 amide bonds. The molecule has 3 heterocycles. The molecule has 0 fully saturated rings. The quantitative estimate of drug-likeness (QED) is 0.599. The molecule has 0 aliphatic carbocycles. The summed E-state index contributed by atoms with van der Waals surface area (Å²) in [7, 11) is 0. The van der Waals surface area contributed by atoms with Crippen LogP contribution in [0.3, 0.4) is 0 Å². The molecular weight excluding hydrogens is 362 g/mol. The molecule has 3 rings (SSSR count). The number of nitrogens with zero attached hydrogens (tertiary/aromatic N) is 4. The molecule has 0 radical (unpaired) electrons. The van der Waals surface area contributed by atoms with Crippen LogP contribution >= 0.6 is 11.8 Å². The molecule has 1 unspecified atom stereocenters. The number of nitrogens with one attached hydrogen (secondary N) is 1. The highest BCUT2D eigenvalue weighted by atomic mass is 32.2. The van der Waals surface area contributed by atoms with Gasteiger partial charge < -0.3 is 9.73 Å². The van der Waals surface area contributed by atoms with Crippen molar-refractivity contribution in [2.75, 3.05) is 5.75 Å². The molecule has 0 bridgehead atoms. The number of carbonyl (C=O) groups excluding carboxylic acids is 1. The molecule has 142 valence electrons. The Morgan fingerprint density at radius 3 is 2.78 bits per heavy atom. The molecular formula is C19H23N5O2S. The van der Waals surface area contributed by atoms with Crippen molar-refractivity contribution in [2.45, 2.75) is 38.5 Å². The average molecular weight is 385 g/mol. The van der Waals surface area contributed by atoms with Crippen LogP contribution < -0.4 is 5.32 Å². The summed E-state index contributed by atoms with van der Waals surface area (Å²) in [5.41, 5.74) is 0.862. The number of carbonyl (C=O) groups is 1. The van der Waals surface area contributed by atoms with Crippen LogP contribution in [0.2, 0.25) is 0 Å². The molecule has 27 heavy (non-hydrogen) atoms. The minimum atomic E-state index is -0.0170. The van der Waals surface area contributed by atoms with Crippen molar-refractivity contribution in [1.82, 2.24) is 25.1 Å². The van der Waals surface area contributed by atoms with Gasteiger partial charge in [-0.25, -0.2) is 0 Å². The van der Waals surface area contributed by atoms with Crippen molar-refractivity contribution in [3.05, 3.63) is 48.7 Å². The van der Waals surface area contributed by atoms with E-state index >= 15 is 0 Å². The Labute approximate surface area is 162 Å². The van der Waals surface area contributed by atoms with Gasteiger partial charge in [-0.2, -0.15) is 0 Å². The highest BCUT2D eigenvalue weighted by molar-refractivity contribution is 7.99. The van der Waals surface area contributed by atoms with Crippen molar-refractivity contribution < 1.29 is 9.21 Å². The lowest BCUT2D eigenvalue weighted by atomic mass is 10.1. The number of pyridine rings is 1. The predicted molar refractivity (Wildman–Crippen MR) is 104 cm³/mol. The zero-order valence-corrected chi connectivity index (χ0v) is 16.4. The Morgan fingerprint density at radius 2 is 2.11 bits per heavy atom. The summed E-state index contributed by atoms with van der Waals surface area (Å²) in [5.74, 6) is 2.13. The van der Waals surface area contributed by atoms with Crippen LogP contribution in [0.4, 0.5) is 0 Å². The van der Waals surface area contributed by atoms with Crippen molar-refractivity contribution in [3.8, 4) is 11.4 Å². The van der Waals surface area contributed by atoms with Crippen LogP contribution in [0.15, 0.2) is 52.5 Å². The van der Waals surface area contributed by atoms with E-state index in [4.69, 9.17) is 4.42 Å². The normalized spacial score (nSPS) is 12.3. The molecule has 7 nitrogen and oxygen atoms in total. The smallest absolute Gasteiger partial charge is 0.230 e. The summed E-state index contributed by atoms with van der Waals surface area (Å²) in [6.07, 6.45) is 5.09. The van der Waals surface area contributed by atoms with Gasteiger partial charge in [0.1, 0.15) is 5.76 Å². The van der Waals surface area contributed by atoms with E-state index in [1.165, 1.54) is 11.8 Å². The lowest BCUT2D eigenvalue weighted by molar-refractivity contribution is -0.119. The number of thioether (sulfide) groups is 1. The van der Waals surface area contributed by atoms with Gasteiger partial charge in [-0.15, -0.1) is 10.2 Å². The number of furan rings is 1. The van der Waals surface area contributed by atoms with Gasteiger partial charge in [-0.05, 0) is 37.1 Å². The fraction of sp³-hybridized carbons (Fsp3) is 0.368. The van der Waals surface area contributed by atoms with Gasteiger partial charge in [0.25, 0.3) is 0 Å². The first-order valence-corrected chi connectivity index (χ1v) is 9.81. The summed E-state index contributed by atoms with van der Waals surface area (Å²) in [6.45, 7) is 6.65. The average Bonchev–Trinajstić information content (AvgIpc) is 3.31. The van der Waals surface area contributed by atoms with Gasteiger partial charge in [0.15, 0.2) is 11.0 Å². The minimum Gasteiger partial charge on any atom is -0.467 e. The maximum Gasteiger partial charge on any atom is 0.230 e. The Kier molecular flexibility index (Phi) is 6.28. The van der Waals surface area contributed by atoms with E-state index in [0.717, 1.165) is 11.3 Å². The second-order valence-electron chi connectivity index (χ2n) is 6.60. The minimum absolute atomic E-state index is 0.0170. The van der Waals surface area contributed by atoms with Gasteiger partial charge >= 0.3 is 0 Å². The predicted octanol–water partition coefficient (Wildman–Crippen LogP) is 3.23. The number of hydrogen-bond donors (Lipinski definition) is 1. The highest BCUT2D eigenvalue weighted by Crippen LogP contribution is 2.24. The lowest BCUT2D eigenvalue weighted by Gasteiger charge is -2.17. The first-order chi connectivity index (χ1) is 13.0. The van der Waals surface area contributed by atoms with E-state index in [0.29, 0.717) is 23.4 Å². The SMILES string of the molecule is CC(C)C(C)NC(=O)CSc1nnc(-c2cccnc2)n1Cc1ccco1. The zero-order valence-electron chi connectivity index (χ0n) is 15.6. The van der Waals surface area contributed by atoms with E-state index in [1.54, 1.807) is 18.7 Å². The summed E-state index contributed by atoms with van der Waals surface area (Å²) >= 11 is 1.36. The Hall–Kier alpha value is -2.61. The summed E-state index contributed by atoms with van der Waals surface area (Å²) in [6, 6.07) is 7.66. The van der Waals surface area contributed by atoms with Crippen LogP contribution in [-0.2, 0) is 11.3 Å². The first-order valence-electron chi connectivity index (χ1n) is 8.82. The molecule has 0 spiro atoms. The summed E-state index contributed by atoms with van der Waals surface area (Å²) in [4.78, 5) is 16.4. The maximum absolute atomic E-state index is 12.2. The summed E-state index contributed by atoms with van der Waals surface area (Å²) < 4.78 is 7.42. The molecule has 0 aromatic carbocycles. The van der Waals surface area contributed by atoms with Crippen molar-refractivity contribution in [1.29, 1.82) is 0 Å². The Morgan fingerprint density at radius 1 is 1.26 bits per heavy atom. The topological polar surface area (TPSA) is 85.8 Å². The number of rotatable bonds is 8. The first kappa shape index (κ1) is 19.2. The molecule has 0 aliphatic rings. The van der Waals surface area contributed by atoms with Crippen LogP contribution in [0.25, 0.3) is 11.4 Å². The standard InChI is InChI=1S/C19H23N5O2S/c1-13(2)14(3)21-17(25)12-27-19-23-22-18(15-6-4-8-20-10-15)24(19)11-16-7-5-9-26-16/h4-10,13-14H,11-12H2,1-3H3,(H,21,25). The van der Waals surface area contributed by atoms with Crippen LogP contribution in [-0.4, -0.2) is 37.5 Å². The van der Waals surface area contributed by atoms with E-state index in [1.807, 2.05) is 35.8 Å². The van der Waals surface area contributed by atoms with Crippen LogP contribution in [0.5, 0.6) is 0 Å². The second kappa shape index (κ2) is 8.85. The fourth-order valence-electron chi connectivity index (χ4n) is 2.40. The number of aromatic nitrogens is 4. The number of hydrogen-bond acceptors (Lipinski definition) is 6. The third-order valence-corrected chi connectivity index (χ3v) is 5.22. The third kappa shape index (κ3) is 4.97. The molecule has 0 saturated heterocycles. The second-order valence-corrected chi connectivity index (χ2v) is 7.54. The monoisotopic (exact) mass is 385 g/mol.